The minimum absolute atomic E-state index is 0.0513. The van der Waals surface area contributed by atoms with Crippen LogP contribution in [-0.4, -0.2) is 17.7 Å². The van der Waals surface area contributed by atoms with E-state index >= 15 is 0 Å². The van der Waals surface area contributed by atoms with Crippen LogP contribution in [0.5, 0.6) is 0 Å². The molecule has 2 rings (SSSR count). The van der Waals surface area contributed by atoms with Crippen molar-refractivity contribution in [3.63, 3.8) is 0 Å². The number of hydrogen-bond donors (Lipinski definition) is 2. The predicted octanol–water partition coefficient (Wildman–Crippen LogP) is 1.59. The van der Waals surface area contributed by atoms with E-state index in [2.05, 4.69) is 5.32 Å². The van der Waals surface area contributed by atoms with E-state index in [0.717, 1.165) is 4.90 Å². The van der Waals surface area contributed by atoms with Gasteiger partial charge in [0.2, 0.25) is 5.91 Å². The Morgan fingerprint density at radius 2 is 2.33 bits per heavy atom. The van der Waals surface area contributed by atoms with Gasteiger partial charge in [0, 0.05) is 4.90 Å². The Labute approximate surface area is 91.2 Å². The predicted molar refractivity (Wildman–Crippen MR) is 58.3 cm³/mol. The lowest BCUT2D eigenvalue weighted by Gasteiger charge is -2.23. The molecule has 1 amide bonds. The van der Waals surface area contributed by atoms with Gasteiger partial charge in [0.05, 0.1) is 10.9 Å². The fourth-order valence-electron chi connectivity index (χ4n) is 1.46. The molecule has 0 fully saturated rings. The van der Waals surface area contributed by atoms with Gasteiger partial charge in [0.25, 0.3) is 0 Å². The lowest BCUT2D eigenvalue weighted by atomic mass is 10.2. The van der Waals surface area contributed by atoms with Crippen LogP contribution in [0.2, 0.25) is 0 Å². The summed E-state index contributed by atoms with van der Waals surface area (Å²) >= 11 is 1.37. The first-order valence-electron chi connectivity index (χ1n) is 4.68. The first-order chi connectivity index (χ1) is 7.20. The molecular weight excluding hydrogens is 215 g/mol. The SMILES string of the molecule is NCCC1Sc2cc(F)ccc2NC1=O. The van der Waals surface area contributed by atoms with Crippen molar-refractivity contribution < 1.29 is 9.18 Å². The lowest BCUT2D eigenvalue weighted by Crippen LogP contribution is -2.30. The number of fused-ring (bicyclic) bond motifs is 1. The van der Waals surface area contributed by atoms with Crippen LogP contribution in [0, 0.1) is 5.82 Å². The van der Waals surface area contributed by atoms with Crippen molar-refractivity contribution >= 4 is 23.4 Å². The monoisotopic (exact) mass is 226 g/mol. The van der Waals surface area contributed by atoms with Gasteiger partial charge in [-0.1, -0.05) is 0 Å². The first kappa shape index (κ1) is 10.4. The molecule has 0 radical (unpaired) electrons. The van der Waals surface area contributed by atoms with Crippen LogP contribution < -0.4 is 11.1 Å². The second-order valence-corrected chi connectivity index (χ2v) is 4.56. The van der Waals surface area contributed by atoms with Crippen LogP contribution in [0.15, 0.2) is 23.1 Å². The largest absolute Gasteiger partial charge is 0.330 e. The molecular formula is C10H11FN2OS. The summed E-state index contributed by atoms with van der Waals surface area (Å²) in [7, 11) is 0. The molecule has 1 aliphatic rings. The number of nitrogens with two attached hydrogens (primary N) is 1. The normalized spacial score (nSPS) is 19.6. The van der Waals surface area contributed by atoms with Gasteiger partial charge in [-0.2, -0.15) is 0 Å². The maximum absolute atomic E-state index is 13.0. The van der Waals surface area contributed by atoms with E-state index in [1.807, 2.05) is 0 Å². The summed E-state index contributed by atoms with van der Waals surface area (Å²) in [5.74, 6) is -0.339. The third kappa shape index (κ3) is 2.13. The van der Waals surface area contributed by atoms with Crippen LogP contribution in [0.3, 0.4) is 0 Å². The van der Waals surface area contributed by atoms with Crippen molar-refractivity contribution in [3.05, 3.63) is 24.0 Å². The Morgan fingerprint density at radius 3 is 3.07 bits per heavy atom. The minimum Gasteiger partial charge on any atom is -0.330 e. The van der Waals surface area contributed by atoms with Crippen molar-refractivity contribution in [2.24, 2.45) is 5.73 Å². The number of hydrogen-bond acceptors (Lipinski definition) is 3. The quantitative estimate of drug-likeness (QED) is 0.805. The van der Waals surface area contributed by atoms with Crippen molar-refractivity contribution in [3.8, 4) is 0 Å². The molecule has 0 saturated carbocycles. The number of nitrogens with one attached hydrogen (secondary N) is 1. The summed E-state index contributed by atoms with van der Waals surface area (Å²) in [6.07, 6.45) is 0.604. The number of thioether (sulfide) groups is 1. The highest BCUT2D eigenvalue weighted by atomic mass is 32.2. The van der Waals surface area contributed by atoms with Crippen LogP contribution in [0.1, 0.15) is 6.42 Å². The van der Waals surface area contributed by atoms with Crippen molar-refractivity contribution in [1.82, 2.24) is 0 Å². The van der Waals surface area contributed by atoms with Gasteiger partial charge in [-0.3, -0.25) is 4.79 Å². The zero-order chi connectivity index (χ0) is 10.8. The first-order valence-corrected chi connectivity index (χ1v) is 5.56. The lowest BCUT2D eigenvalue weighted by molar-refractivity contribution is -0.115. The number of carbonyl (C=O) groups excluding carboxylic acids is 1. The van der Waals surface area contributed by atoms with Gasteiger partial charge in [-0.25, -0.2) is 4.39 Å². The molecule has 1 aromatic rings. The smallest absolute Gasteiger partial charge is 0.237 e. The topological polar surface area (TPSA) is 55.1 Å². The van der Waals surface area contributed by atoms with Gasteiger partial charge in [0.15, 0.2) is 0 Å². The Bertz CT molecular complexity index is 397. The highest BCUT2D eigenvalue weighted by molar-refractivity contribution is 8.01. The maximum atomic E-state index is 13.0. The second-order valence-electron chi connectivity index (χ2n) is 3.31. The highest BCUT2D eigenvalue weighted by Gasteiger charge is 2.26. The average Bonchev–Trinajstić information content (AvgIpc) is 2.20. The van der Waals surface area contributed by atoms with Gasteiger partial charge in [-0.05, 0) is 31.2 Å². The third-order valence-electron chi connectivity index (χ3n) is 2.19. The minimum atomic E-state index is -0.288. The molecule has 80 valence electrons. The Balaban J connectivity index is 2.26. The molecule has 0 aromatic heterocycles. The molecule has 1 unspecified atom stereocenters. The molecule has 5 heteroatoms. The highest BCUT2D eigenvalue weighted by Crippen LogP contribution is 2.36. The summed E-state index contributed by atoms with van der Waals surface area (Å²) in [5.41, 5.74) is 6.08. The Morgan fingerprint density at radius 1 is 1.53 bits per heavy atom. The molecule has 1 aliphatic heterocycles. The summed E-state index contributed by atoms with van der Waals surface area (Å²) < 4.78 is 13.0. The number of benzene rings is 1. The third-order valence-corrected chi connectivity index (χ3v) is 3.52. The number of carbonyl (C=O) groups is 1. The number of rotatable bonds is 2. The van der Waals surface area contributed by atoms with E-state index in [1.54, 1.807) is 6.07 Å². The summed E-state index contributed by atoms with van der Waals surface area (Å²) in [5, 5.41) is 2.54. The number of anilines is 1. The fourth-order valence-corrected chi connectivity index (χ4v) is 2.61. The van der Waals surface area contributed by atoms with Crippen molar-refractivity contribution in [2.45, 2.75) is 16.6 Å². The second kappa shape index (κ2) is 4.20. The molecule has 15 heavy (non-hydrogen) atoms. The van der Waals surface area contributed by atoms with Gasteiger partial charge in [0.1, 0.15) is 5.82 Å². The molecule has 1 heterocycles. The molecule has 3 N–H and O–H groups in total. The molecule has 0 saturated heterocycles. The fraction of sp³-hybridized carbons (Fsp3) is 0.300. The molecule has 3 nitrogen and oxygen atoms in total. The number of halogens is 1. The van der Waals surface area contributed by atoms with Crippen molar-refractivity contribution in [2.75, 3.05) is 11.9 Å². The Kier molecular flexibility index (Phi) is 2.93. The standard InChI is InChI=1S/C10H11FN2OS/c11-6-1-2-7-9(5-6)15-8(3-4-12)10(14)13-7/h1-2,5,8H,3-4,12H2,(H,13,14). The average molecular weight is 226 g/mol. The summed E-state index contributed by atoms with van der Waals surface area (Å²) in [4.78, 5) is 12.3. The van der Waals surface area contributed by atoms with E-state index in [1.165, 1.54) is 23.9 Å². The number of amides is 1. The maximum Gasteiger partial charge on any atom is 0.237 e. The zero-order valence-electron chi connectivity index (χ0n) is 8.00. The zero-order valence-corrected chi connectivity index (χ0v) is 8.81. The molecule has 1 aromatic carbocycles. The van der Waals surface area contributed by atoms with Gasteiger partial charge >= 0.3 is 0 Å². The van der Waals surface area contributed by atoms with Crippen LogP contribution in [-0.2, 0) is 4.79 Å². The van der Waals surface area contributed by atoms with Crippen LogP contribution >= 0.6 is 11.8 Å². The summed E-state index contributed by atoms with van der Waals surface area (Å²) in [6.45, 7) is 0.454. The summed E-state index contributed by atoms with van der Waals surface area (Å²) in [6, 6.07) is 4.35. The van der Waals surface area contributed by atoms with E-state index in [9.17, 15) is 9.18 Å². The molecule has 0 spiro atoms. The molecule has 0 aliphatic carbocycles. The van der Waals surface area contributed by atoms with Crippen LogP contribution in [0.25, 0.3) is 0 Å². The Hall–Kier alpha value is -1.07. The van der Waals surface area contributed by atoms with Gasteiger partial charge < -0.3 is 11.1 Å². The van der Waals surface area contributed by atoms with E-state index in [4.69, 9.17) is 5.73 Å². The molecule has 1 atom stereocenters. The van der Waals surface area contributed by atoms with Crippen molar-refractivity contribution in [1.29, 1.82) is 0 Å². The van der Waals surface area contributed by atoms with Crippen LogP contribution in [0.4, 0.5) is 10.1 Å². The molecule has 0 bridgehead atoms. The van der Waals surface area contributed by atoms with E-state index < -0.39 is 0 Å². The van der Waals surface area contributed by atoms with E-state index in [-0.39, 0.29) is 17.0 Å². The van der Waals surface area contributed by atoms with E-state index in [0.29, 0.717) is 18.7 Å². The van der Waals surface area contributed by atoms with Gasteiger partial charge in [-0.15, -0.1) is 11.8 Å².